The highest BCUT2D eigenvalue weighted by Crippen LogP contribution is 2.14. The van der Waals surface area contributed by atoms with Crippen molar-refractivity contribution >= 4 is 0 Å². The van der Waals surface area contributed by atoms with Gasteiger partial charge in [0.1, 0.15) is 0 Å². The third-order valence-corrected chi connectivity index (χ3v) is 3.22. The van der Waals surface area contributed by atoms with Gasteiger partial charge in [-0.15, -0.1) is 0 Å². The van der Waals surface area contributed by atoms with E-state index in [1.54, 1.807) is 7.11 Å². The molecule has 0 fully saturated rings. The summed E-state index contributed by atoms with van der Waals surface area (Å²) in [7, 11) is 1.73. The number of aromatic nitrogens is 1. The van der Waals surface area contributed by atoms with E-state index in [1.807, 2.05) is 30.6 Å². The molecule has 0 aliphatic heterocycles. The molecule has 1 atom stereocenters. The maximum Gasteiger partial charge on any atom is 0.0716 e. The highest BCUT2D eigenvalue weighted by atomic mass is 16.5. The van der Waals surface area contributed by atoms with E-state index in [1.165, 1.54) is 16.7 Å². The van der Waals surface area contributed by atoms with E-state index in [0.29, 0.717) is 12.6 Å². The summed E-state index contributed by atoms with van der Waals surface area (Å²) < 4.78 is 5.22. The Hall–Kier alpha value is -1.71. The van der Waals surface area contributed by atoms with Crippen LogP contribution < -0.4 is 5.32 Å². The van der Waals surface area contributed by atoms with Gasteiger partial charge in [-0.05, 0) is 35.7 Å². The summed E-state index contributed by atoms with van der Waals surface area (Å²) in [6, 6.07) is 12.7. The van der Waals surface area contributed by atoms with E-state index in [0.717, 1.165) is 6.54 Å². The molecule has 0 aliphatic carbocycles. The lowest BCUT2D eigenvalue weighted by molar-refractivity contribution is 0.184. The summed E-state index contributed by atoms with van der Waals surface area (Å²) >= 11 is 0. The fourth-order valence-corrected chi connectivity index (χ4v) is 2.06. The molecule has 19 heavy (non-hydrogen) atoms. The Morgan fingerprint density at radius 1 is 1.11 bits per heavy atom. The van der Waals surface area contributed by atoms with Gasteiger partial charge < -0.3 is 10.1 Å². The van der Waals surface area contributed by atoms with Gasteiger partial charge in [0.25, 0.3) is 0 Å². The van der Waals surface area contributed by atoms with Gasteiger partial charge in [0, 0.05) is 32.1 Å². The highest BCUT2D eigenvalue weighted by Gasteiger charge is 2.06. The largest absolute Gasteiger partial charge is 0.380 e. The van der Waals surface area contributed by atoms with E-state index in [4.69, 9.17) is 4.74 Å². The average Bonchev–Trinajstić information content (AvgIpc) is 2.47. The standard InChI is InChI=1S/C16H20N2O/c1-13(14-7-9-17-10-8-14)18-11-15-5-3-4-6-16(15)12-19-2/h3-10,13,18H,11-12H2,1-2H3/t13-/m1/s1. The summed E-state index contributed by atoms with van der Waals surface area (Å²) in [5.41, 5.74) is 3.77. The van der Waals surface area contributed by atoms with Gasteiger partial charge in [-0.1, -0.05) is 24.3 Å². The van der Waals surface area contributed by atoms with Crippen LogP contribution in [0, 0.1) is 0 Å². The molecule has 1 heterocycles. The van der Waals surface area contributed by atoms with Crippen molar-refractivity contribution in [3.05, 3.63) is 65.5 Å². The van der Waals surface area contributed by atoms with Crippen LogP contribution in [0.1, 0.15) is 29.7 Å². The Kier molecular flexibility index (Phi) is 5.07. The molecule has 0 bridgehead atoms. The smallest absolute Gasteiger partial charge is 0.0716 e. The van der Waals surface area contributed by atoms with Crippen LogP contribution >= 0.6 is 0 Å². The zero-order valence-corrected chi connectivity index (χ0v) is 11.5. The molecule has 0 amide bonds. The van der Waals surface area contributed by atoms with Crippen molar-refractivity contribution in [1.29, 1.82) is 0 Å². The van der Waals surface area contributed by atoms with Crippen LogP contribution in [0.25, 0.3) is 0 Å². The Labute approximate surface area is 114 Å². The zero-order valence-electron chi connectivity index (χ0n) is 11.5. The van der Waals surface area contributed by atoms with Gasteiger partial charge in [-0.2, -0.15) is 0 Å². The minimum Gasteiger partial charge on any atom is -0.380 e. The zero-order chi connectivity index (χ0) is 13.5. The maximum atomic E-state index is 5.22. The molecular formula is C16H20N2O. The first-order valence-electron chi connectivity index (χ1n) is 6.50. The van der Waals surface area contributed by atoms with Crippen LogP contribution in [0.15, 0.2) is 48.8 Å². The number of methoxy groups -OCH3 is 1. The Bertz CT molecular complexity index is 499. The topological polar surface area (TPSA) is 34.1 Å². The number of ether oxygens (including phenoxy) is 1. The molecule has 0 spiro atoms. The maximum absolute atomic E-state index is 5.22. The summed E-state index contributed by atoms with van der Waals surface area (Å²) in [6.45, 7) is 3.65. The molecule has 3 heteroatoms. The average molecular weight is 256 g/mol. The van der Waals surface area contributed by atoms with Crippen LogP contribution in [-0.4, -0.2) is 12.1 Å². The highest BCUT2D eigenvalue weighted by molar-refractivity contribution is 5.26. The van der Waals surface area contributed by atoms with Gasteiger partial charge in [-0.3, -0.25) is 4.98 Å². The quantitative estimate of drug-likeness (QED) is 0.862. The fraction of sp³-hybridized carbons (Fsp3) is 0.312. The molecule has 0 unspecified atom stereocenters. The molecule has 1 aromatic carbocycles. The van der Waals surface area contributed by atoms with E-state index in [2.05, 4.69) is 35.4 Å². The summed E-state index contributed by atoms with van der Waals surface area (Å²) in [5, 5.41) is 3.53. The third kappa shape index (κ3) is 3.88. The van der Waals surface area contributed by atoms with Crippen LogP contribution in [0.5, 0.6) is 0 Å². The van der Waals surface area contributed by atoms with Crippen molar-refractivity contribution in [3.63, 3.8) is 0 Å². The number of nitrogens with zero attached hydrogens (tertiary/aromatic N) is 1. The van der Waals surface area contributed by atoms with Gasteiger partial charge in [0.2, 0.25) is 0 Å². The van der Waals surface area contributed by atoms with Crippen molar-refractivity contribution in [2.45, 2.75) is 26.1 Å². The third-order valence-electron chi connectivity index (χ3n) is 3.22. The van der Waals surface area contributed by atoms with E-state index >= 15 is 0 Å². The van der Waals surface area contributed by atoms with Crippen LogP contribution in [-0.2, 0) is 17.9 Å². The predicted molar refractivity (Wildman–Crippen MR) is 76.6 cm³/mol. The lowest BCUT2D eigenvalue weighted by Gasteiger charge is -2.16. The van der Waals surface area contributed by atoms with Gasteiger partial charge in [0.15, 0.2) is 0 Å². The first-order chi connectivity index (χ1) is 9.31. The van der Waals surface area contributed by atoms with E-state index in [-0.39, 0.29) is 0 Å². The lowest BCUT2D eigenvalue weighted by atomic mass is 10.1. The molecule has 1 N–H and O–H groups in total. The Balaban J connectivity index is 1.99. The number of nitrogens with one attached hydrogen (secondary N) is 1. The first kappa shape index (κ1) is 13.7. The molecule has 0 saturated heterocycles. The number of benzene rings is 1. The first-order valence-corrected chi connectivity index (χ1v) is 6.50. The second-order valence-electron chi connectivity index (χ2n) is 4.58. The molecule has 1 aromatic heterocycles. The van der Waals surface area contributed by atoms with E-state index < -0.39 is 0 Å². The molecule has 100 valence electrons. The minimum atomic E-state index is 0.304. The lowest BCUT2D eigenvalue weighted by Crippen LogP contribution is -2.19. The van der Waals surface area contributed by atoms with Crippen molar-refractivity contribution in [1.82, 2.24) is 10.3 Å². The van der Waals surface area contributed by atoms with Gasteiger partial charge in [0.05, 0.1) is 6.61 Å². The number of hydrogen-bond acceptors (Lipinski definition) is 3. The SMILES string of the molecule is COCc1ccccc1CN[C@H](C)c1ccncc1. The summed E-state index contributed by atoms with van der Waals surface area (Å²) in [4.78, 5) is 4.04. The van der Waals surface area contributed by atoms with Crippen LogP contribution in [0.4, 0.5) is 0 Å². The molecule has 0 saturated carbocycles. The van der Waals surface area contributed by atoms with Crippen molar-refractivity contribution in [3.8, 4) is 0 Å². The molecule has 0 radical (unpaired) electrons. The molecule has 2 aromatic rings. The van der Waals surface area contributed by atoms with Gasteiger partial charge in [-0.25, -0.2) is 0 Å². The normalized spacial score (nSPS) is 12.3. The minimum absolute atomic E-state index is 0.304. The van der Waals surface area contributed by atoms with E-state index in [9.17, 15) is 0 Å². The second-order valence-corrected chi connectivity index (χ2v) is 4.58. The summed E-state index contributed by atoms with van der Waals surface area (Å²) in [6.07, 6.45) is 3.65. The van der Waals surface area contributed by atoms with Crippen LogP contribution in [0.3, 0.4) is 0 Å². The fourth-order valence-electron chi connectivity index (χ4n) is 2.06. The van der Waals surface area contributed by atoms with Gasteiger partial charge >= 0.3 is 0 Å². The van der Waals surface area contributed by atoms with Crippen molar-refractivity contribution in [2.24, 2.45) is 0 Å². The monoisotopic (exact) mass is 256 g/mol. The predicted octanol–water partition coefficient (Wildman–Crippen LogP) is 3.08. The molecular weight excluding hydrogens is 236 g/mol. The van der Waals surface area contributed by atoms with Crippen molar-refractivity contribution in [2.75, 3.05) is 7.11 Å². The van der Waals surface area contributed by atoms with Crippen LogP contribution in [0.2, 0.25) is 0 Å². The van der Waals surface area contributed by atoms with Crippen molar-refractivity contribution < 1.29 is 4.74 Å². The molecule has 3 nitrogen and oxygen atoms in total. The summed E-state index contributed by atoms with van der Waals surface area (Å²) in [5.74, 6) is 0. The number of hydrogen-bond donors (Lipinski definition) is 1. The Morgan fingerprint density at radius 2 is 1.79 bits per heavy atom. The second kappa shape index (κ2) is 7.02. The number of rotatable bonds is 6. The molecule has 0 aliphatic rings. The Morgan fingerprint density at radius 3 is 2.47 bits per heavy atom. The molecule has 2 rings (SSSR count). The number of pyridine rings is 1.